The molecule has 1 aromatic rings. The smallest absolute Gasteiger partial charge is 0.0692 e. The molecule has 0 aromatic heterocycles. The topological polar surface area (TPSA) is 0 Å². The van der Waals surface area contributed by atoms with Crippen LogP contribution >= 0.6 is 0 Å². The van der Waals surface area contributed by atoms with Crippen LogP contribution in [0.4, 0.5) is 0 Å². The Bertz CT molecular complexity index is 296. The number of hydrogen-bond acceptors (Lipinski definition) is 0. The third-order valence-electron chi connectivity index (χ3n) is 1.65. The summed E-state index contributed by atoms with van der Waals surface area (Å²) in [5.74, 6) is 0. The van der Waals surface area contributed by atoms with Crippen molar-refractivity contribution in [2.24, 2.45) is 0 Å². The minimum Gasteiger partial charge on any atom is -0.0991 e. The van der Waals surface area contributed by atoms with Crippen molar-refractivity contribution in [1.29, 1.82) is 0 Å². The average Bonchev–Trinajstić information content (AvgIpc) is 2.19. The van der Waals surface area contributed by atoms with Crippen LogP contribution in [-0.2, 0) is 0 Å². The van der Waals surface area contributed by atoms with Crippen LogP contribution in [-0.4, -0.2) is 9.52 Å². The zero-order chi connectivity index (χ0) is 9.36. The van der Waals surface area contributed by atoms with E-state index in [1.807, 2.05) is 18.2 Å². The van der Waals surface area contributed by atoms with Crippen LogP contribution in [0.1, 0.15) is 5.56 Å². The van der Waals surface area contributed by atoms with Crippen molar-refractivity contribution in [3.8, 4) is 0 Å². The lowest BCUT2D eigenvalue weighted by Gasteiger charge is -1.88. The molecule has 0 fully saturated rings. The number of hydrogen-bond donors (Lipinski definition) is 0. The van der Waals surface area contributed by atoms with Gasteiger partial charge in [-0.25, -0.2) is 0 Å². The van der Waals surface area contributed by atoms with E-state index in [-0.39, 0.29) is 9.52 Å². The van der Waals surface area contributed by atoms with Gasteiger partial charge in [0, 0.05) is 0 Å². The van der Waals surface area contributed by atoms with Crippen LogP contribution in [0.2, 0.25) is 0 Å². The third-order valence-corrected chi connectivity index (χ3v) is 2.71. The van der Waals surface area contributed by atoms with E-state index in [4.69, 9.17) is 0 Å². The van der Waals surface area contributed by atoms with Crippen LogP contribution in [0, 0.1) is 0 Å². The van der Waals surface area contributed by atoms with Crippen LogP contribution in [0.3, 0.4) is 0 Å². The molecular weight excluding hydrogens is 172 g/mol. The summed E-state index contributed by atoms with van der Waals surface area (Å²) in [4.78, 5) is 0. The minimum atomic E-state index is -0.176. The Balaban J connectivity index is 2.41. The molecule has 0 atom stereocenters. The van der Waals surface area contributed by atoms with E-state index >= 15 is 0 Å². The fraction of sp³-hybridized carbons (Fsp3) is 0. The summed E-state index contributed by atoms with van der Waals surface area (Å²) in [6.45, 7) is 3.63. The van der Waals surface area contributed by atoms with Gasteiger partial charge in [0.05, 0.1) is 9.52 Å². The van der Waals surface area contributed by atoms with Gasteiger partial charge in [-0.1, -0.05) is 66.5 Å². The maximum absolute atomic E-state index is 3.63. The van der Waals surface area contributed by atoms with E-state index in [0.29, 0.717) is 0 Å². The fourth-order valence-corrected chi connectivity index (χ4v) is 1.94. The van der Waals surface area contributed by atoms with E-state index in [2.05, 4.69) is 48.3 Å². The molecule has 0 spiro atoms. The van der Waals surface area contributed by atoms with Crippen molar-refractivity contribution in [3.63, 3.8) is 0 Å². The number of allylic oxidation sites excluding steroid dienone is 2. The van der Waals surface area contributed by atoms with E-state index in [0.717, 1.165) is 0 Å². The predicted octanol–water partition coefficient (Wildman–Crippen LogP) is 2.53. The highest BCUT2D eigenvalue weighted by Crippen LogP contribution is 1.99. The van der Waals surface area contributed by atoms with Gasteiger partial charge in [-0.3, -0.25) is 0 Å². The summed E-state index contributed by atoms with van der Waals surface area (Å²) in [5.41, 5.74) is 5.77. The molecule has 13 heavy (non-hydrogen) atoms. The van der Waals surface area contributed by atoms with Gasteiger partial charge < -0.3 is 0 Å². The van der Waals surface area contributed by atoms with Crippen LogP contribution in [0.5, 0.6) is 0 Å². The Morgan fingerprint density at radius 3 is 2.54 bits per heavy atom. The summed E-state index contributed by atoms with van der Waals surface area (Å²) in [6, 6.07) is 10.4. The molecule has 0 N–H and O–H groups in total. The quantitative estimate of drug-likeness (QED) is 0.501. The third kappa shape index (κ3) is 4.28. The van der Waals surface area contributed by atoms with Crippen molar-refractivity contribution < 1.29 is 0 Å². The second-order valence-electron chi connectivity index (χ2n) is 2.71. The number of benzene rings is 1. The van der Waals surface area contributed by atoms with Gasteiger partial charge in [0.1, 0.15) is 0 Å². The first kappa shape index (κ1) is 9.74. The Kier molecular flexibility index (Phi) is 4.65. The molecule has 0 amide bonds. The lowest BCUT2D eigenvalue weighted by atomic mass is 10.2. The molecular formula is C12H14Si. The molecule has 0 aliphatic rings. The van der Waals surface area contributed by atoms with Gasteiger partial charge in [-0.2, -0.15) is 0 Å². The fourth-order valence-electron chi connectivity index (χ4n) is 1.02. The summed E-state index contributed by atoms with van der Waals surface area (Å²) in [5, 5.41) is 0. The van der Waals surface area contributed by atoms with Crippen LogP contribution in [0.15, 0.2) is 60.5 Å². The Labute approximate surface area is 82.1 Å². The normalized spacial score (nSPS) is 12.0. The molecule has 1 rings (SSSR count). The van der Waals surface area contributed by atoms with E-state index in [1.54, 1.807) is 0 Å². The molecule has 66 valence electrons. The molecule has 0 unspecified atom stereocenters. The zero-order valence-corrected chi connectivity index (χ0v) is 9.10. The van der Waals surface area contributed by atoms with Crippen molar-refractivity contribution >= 4 is 15.6 Å². The first-order valence-corrected chi connectivity index (χ1v) is 6.06. The maximum Gasteiger partial charge on any atom is 0.0692 e. The summed E-state index contributed by atoms with van der Waals surface area (Å²) in [7, 11) is -0.176. The maximum atomic E-state index is 3.63. The molecule has 0 radical (unpaired) electrons. The van der Waals surface area contributed by atoms with Crippen LogP contribution in [0.25, 0.3) is 6.08 Å². The Morgan fingerprint density at radius 1 is 1.08 bits per heavy atom. The second-order valence-corrected chi connectivity index (χ2v) is 4.13. The van der Waals surface area contributed by atoms with Gasteiger partial charge in [0.25, 0.3) is 0 Å². The molecule has 0 bridgehead atoms. The number of rotatable bonds is 4. The van der Waals surface area contributed by atoms with Crippen molar-refractivity contribution in [1.82, 2.24) is 0 Å². The van der Waals surface area contributed by atoms with Crippen molar-refractivity contribution in [2.45, 2.75) is 0 Å². The molecule has 0 heterocycles. The van der Waals surface area contributed by atoms with Gasteiger partial charge >= 0.3 is 0 Å². The van der Waals surface area contributed by atoms with Gasteiger partial charge in [-0.15, -0.1) is 0 Å². The van der Waals surface area contributed by atoms with Gasteiger partial charge in [-0.05, 0) is 5.56 Å². The molecule has 0 nitrogen and oxygen atoms in total. The highest BCUT2D eigenvalue weighted by molar-refractivity contribution is 6.49. The van der Waals surface area contributed by atoms with Gasteiger partial charge in [0.15, 0.2) is 0 Å². The Morgan fingerprint density at radius 2 is 1.85 bits per heavy atom. The average molecular weight is 186 g/mol. The van der Waals surface area contributed by atoms with E-state index in [9.17, 15) is 0 Å². The molecule has 0 saturated heterocycles. The lowest BCUT2D eigenvalue weighted by molar-refractivity contribution is 1.66. The summed E-state index contributed by atoms with van der Waals surface area (Å²) < 4.78 is 0. The Hall–Kier alpha value is -1.34. The summed E-state index contributed by atoms with van der Waals surface area (Å²) in [6.07, 6.45) is 6.02. The molecule has 0 aliphatic heterocycles. The van der Waals surface area contributed by atoms with E-state index < -0.39 is 0 Å². The largest absolute Gasteiger partial charge is 0.0991 e. The SMILES string of the molecule is C=CC=C[SiH2]C=Cc1ccccc1. The predicted molar refractivity (Wildman–Crippen MR) is 63.4 cm³/mol. The summed E-state index contributed by atoms with van der Waals surface area (Å²) >= 11 is 0. The highest BCUT2D eigenvalue weighted by Gasteiger charge is 1.80. The minimum absolute atomic E-state index is 0.176. The zero-order valence-electron chi connectivity index (χ0n) is 7.69. The first-order chi connectivity index (χ1) is 6.43. The van der Waals surface area contributed by atoms with Crippen molar-refractivity contribution in [3.05, 3.63) is 66.0 Å². The van der Waals surface area contributed by atoms with Crippen LogP contribution < -0.4 is 0 Å². The molecule has 1 heteroatoms. The standard InChI is InChI=1S/C12H14Si/c1-2-3-10-13-11-9-12-7-5-4-6-8-12/h2-11H,1,13H2. The molecule has 0 aliphatic carbocycles. The lowest BCUT2D eigenvalue weighted by Crippen LogP contribution is -1.76. The molecule has 1 aromatic carbocycles. The first-order valence-electron chi connectivity index (χ1n) is 4.42. The highest BCUT2D eigenvalue weighted by atomic mass is 28.2. The van der Waals surface area contributed by atoms with Crippen molar-refractivity contribution in [2.75, 3.05) is 0 Å². The van der Waals surface area contributed by atoms with E-state index in [1.165, 1.54) is 5.56 Å². The molecule has 0 saturated carbocycles. The van der Waals surface area contributed by atoms with Gasteiger partial charge in [0.2, 0.25) is 0 Å². The monoisotopic (exact) mass is 186 g/mol. The second kappa shape index (κ2) is 6.20.